The maximum absolute atomic E-state index is 5.58. The monoisotopic (exact) mass is 643 g/mol. The van der Waals surface area contributed by atoms with Crippen LogP contribution in [0.3, 0.4) is 0 Å². The summed E-state index contributed by atoms with van der Waals surface area (Å²) in [6.07, 6.45) is 9.63. The molecule has 5 aromatic carbocycles. The van der Waals surface area contributed by atoms with E-state index in [0.717, 1.165) is 58.5 Å². The average Bonchev–Trinajstić information content (AvgIpc) is 3.82. The fraction of sp³-hybridized carbons (Fsp3) is 0.0444. The summed E-state index contributed by atoms with van der Waals surface area (Å²) in [5.41, 5.74) is 8.10. The minimum Gasteiger partial charge on any atom is -0.323 e. The first-order valence-electron chi connectivity index (χ1n) is 17.2. The lowest BCUT2D eigenvalue weighted by Gasteiger charge is -2.26. The van der Waals surface area contributed by atoms with Crippen LogP contribution in [0.1, 0.15) is 5.56 Å². The molecule has 0 saturated carbocycles. The summed E-state index contributed by atoms with van der Waals surface area (Å²) in [6, 6.07) is 54.0. The standard InChI is InChI=1S/C45H33N5/c1-2-16-31-47(32-18-5-3-6-19-32)44-35(23-9-1)34-22-10-13-26-38(34)49(44)41-29-17-30-42(46-41)50-40-28-15-12-25-37(40)43-36-24-11-14-27-39(36)48(45(43)50)33-20-7-4-8-21-33/h1-22,24-30H,23,31H2/b9-1-,16-2-. The number of aromatic nitrogens is 4. The number of fused-ring (bicyclic) bond motifs is 8. The molecule has 1 aliphatic rings. The molecule has 0 fully saturated rings. The highest BCUT2D eigenvalue weighted by Crippen LogP contribution is 2.42. The number of para-hydroxylation sites is 5. The van der Waals surface area contributed by atoms with Gasteiger partial charge in [0.25, 0.3) is 0 Å². The van der Waals surface area contributed by atoms with E-state index in [0.29, 0.717) is 0 Å². The van der Waals surface area contributed by atoms with E-state index >= 15 is 0 Å². The third kappa shape index (κ3) is 4.30. The van der Waals surface area contributed by atoms with Gasteiger partial charge in [-0.2, -0.15) is 0 Å². The molecular formula is C45H33N5. The van der Waals surface area contributed by atoms with Crippen LogP contribution in [0.25, 0.3) is 61.1 Å². The molecule has 0 atom stereocenters. The number of benzene rings is 5. The molecule has 0 N–H and O–H groups in total. The van der Waals surface area contributed by atoms with Crippen molar-refractivity contribution in [3.8, 4) is 17.3 Å². The van der Waals surface area contributed by atoms with Crippen molar-refractivity contribution < 1.29 is 0 Å². The van der Waals surface area contributed by atoms with Gasteiger partial charge in [-0.05, 0) is 61.0 Å². The summed E-state index contributed by atoms with van der Waals surface area (Å²) in [7, 11) is 0. The van der Waals surface area contributed by atoms with Gasteiger partial charge in [0, 0.05) is 45.0 Å². The van der Waals surface area contributed by atoms with E-state index in [1.165, 1.54) is 32.6 Å². The van der Waals surface area contributed by atoms with Gasteiger partial charge in [0.15, 0.2) is 0 Å². The van der Waals surface area contributed by atoms with Crippen molar-refractivity contribution in [1.29, 1.82) is 0 Å². The first-order valence-corrected chi connectivity index (χ1v) is 17.2. The van der Waals surface area contributed by atoms with Crippen molar-refractivity contribution >= 4 is 55.2 Å². The molecule has 0 bridgehead atoms. The third-order valence-corrected chi connectivity index (χ3v) is 9.94. The number of allylic oxidation sites excluding steroid dienone is 3. The summed E-state index contributed by atoms with van der Waals surface area (Å²) in [5, 5.41) is 4.90. The lowest BCUT2D eigenvalue weighted by atomic mass is 10.1. The Labute approximate surface area is 289 Å². The Kier molecular flexibility index (Phi) is 6.56. The molecule has 0 unspecified atom stereocenters. The number of hydrogen-bond acceptors (Lipinski definition) is 2. The number of rotatable bonds is 4. The normalized spacial score (nSPS) is 14.5. The van der Waals surface area contributed by atoms with Crippen LogP contribution in [0.5, 0.6) is 0 Å². The number of hydrogen-bond donors (Lipinski definition) is 0. The van der Waals surface area contributed by atoms with Crippen molar-refractivity contribution in [2.75, 3.05) is 11.4 Å². The first-order chi connectivity index (χ1) is 24.9. The maximum atomic E-state index is 5.58. The zero-order valence-electron chi connectivity index (χ0n) is 27.4. The topological polar surface area (TPSA) is 30.9 Å². The minimum absolute atomic E-state index is 0.734. The van der Waals surface area contributed by atoms with Crippen molar-refractivity contribution in [1.82, 2.24) is 18.7 Å². The largest absolute Gasteiger partial charge is 0.323 e. The molecule has 50 heavy (non-hydrogen) atoms. The van der Waals surface area contributed by atoms with Crippen molar-refractivity contribution in [3.05, 3.63) is 182 Å². The van der Waals surface area contributed by atoms with Gasteiger partial charge in [0.05, 0.1) is 16.6 Å². The molecule has 0 spiro atoms. The molecule has 5 heterocycles. The van der Waals surface area contributed by atoms with Crippen LogP contribution in [0, 0.1) is 0 Å². The Morgan fingerprint density at radius 2 is 0.980 bits per heavy atom. The smallest absolute Gasteiger partial charge is 0.141 e. The van der Waals surface area contributed by atoms with Crippen LogP contribution in [0.2, 0.25) is 0 Å². The molecule has 10 rings (SSSR count). The van der Waals surface area contributed by atoms with Gasteiger partial charge >= 0.3 is 0 Å². The van der Waals surface area contributed by atoms with Gasteiger partial charge in [0.2, 0.25) is 0 Å². The molecular weight excluding hydrogens is 611 g/mol. The minimum atomic E-state index is 0.734. The second kappa shape index (κ2) is 11.5. The summed E-state index contributed by atoms with van der Waals surface area (Å²) in [5.74, 6) is 2.88. The van der Waals surface area contributed by atoms with Crippen LogP contribution in [0.4, 0.5) is 11.5 Å². The van der Waals surface area contributed by atoms with E-state index in [9.17, 15) is 0 Å². The Morgan fingerprint density at radius 3 is 1.68 bits per heavy atom. The van der Waals surface area contributed by atoms with Crippen LogP contribution in [-0.4, -0.2) is 25.2 Å². The predicted molar refractivity (Wildman–Crippen MR) is 208 cm³/mol. The van der Waals surface area contributed by atoms with E-state index in [1.807, 2.05) is 0 Å². The average molecular weight is 644 g/mol. The lowest BCUT2D eigenvalue weighted by Crippen LogP contribution is -2.21. The molecule has 5 heteroatoms. The molecule has 0 amide bonds. The summed E-state index contributed by atoms with van der Waals surface area (Å²) in [4.78, 5) is 8.00. The van der Waals surface area contributed by atoms with Gasteiger partial charge in [0.1, 0.15) is 23.1 Å². The van der Waals surface area contributed by atoms with Crippen molar-refractivity contribution in [2.24, 2.45) is 0 Å². The number of nitrogens with zero attached hydrogens (tertiary/aromatic N) is 5. The Morgan fingerprint density at radius 1 is 0.440 bits per heavy atom. The summed E-state index contributed by atoms with van der Waals surface area (Å²) in [6.45, 7) is 0.734. The maximum Gasteiger partial charge on any atom is 0.141 e. The molecule has 9 aromatic rings. The Balaban J connectivity index is 1.29. The fourth-order valence-corrected chi connectivity index (χ4v) is 7.87. The zero-order valence-corrected chi connectivity index (χ0v) is 27.4. The molecule has 0 radical (unpaired) electrons. The SMILES string of the molecule is C1=C\Cc2c(n(-c3cccc(-n4c5ccccc5c5c6ccccc6n(-c6ccccc6)c54)n3)c3ccccc23)N(c2ccccc2)C\C=C/1. The molecule has 5 nitrogen and oxygen atoms in total. The Hall–Kier alpha value is -6.59. The van der Waals surface area contributed by atoms with Crippen molar-refractivity contribution in [2.45, 2.75) is 6.42 Å². The lowest BCUT2D eigenvalue weighted by molar-refractivity contribution is 0.937. The molecule has 238 valence electrons. The van der Waals surface area contributed by atoms with E-state index in [-0.39, 0.29) is 0 Å². The van der Waals surface area contributed by atoms with Crippen molar-refractivity contribution in [3.63, 3.8) is 0 Å². The molecule has 4 aromatic heterocycles. The predicted octanol–water partition coefficient (Wildman–Crippen LogP) is 10.9. The first kappa shape index (κ1) is 28.4. The number of anilines is 2. The second-order valence-corrected chi connectivity index (χ2v) is 12.8. The fourth-order valence-electron chi connectivity index (χ4n) is 7.87. The van der Waals surface area contributed by atoms with E-state index in [1.54, 1.807) is 0 Å². The van der Waals surface area contributed by atoms with Gasteiger partial charge in [-0.15, -0.1) is 0 Å². The third-order valence-electron chi connectivity index (χ3n) is 9.94. The van der Waals surface area contributed by atoms with Crippen LogP contribution >= 0.6 is 0 Å². The molecule has 1 aliphatic heterocycles. The van der Waals surface area contributed by atoms with Gasteiger partial charge in [-0.25, -0.2) is 4.98 Å². The van der Waals surface area contributed by atoms with E-state index in [2.05, 4.69) is 195 Å². The van der Waals surface area contributed by atoms with E-state index < -0.39 is 0 Å². The van der Waals surface area contributed by atoms with E-state index in [4.69, 9.17) is 4.98 Å². The molecule has 0 aliphatic carbocycles. The van der Waals surface area contributed by atoms with Gasteiger partial charge in [-0.3, -0.25) is 13.7 Å². The van der Waals surface area contributed by atoms with Crippen LogP contribution < -0.4 is 4.90 Å². The zero-order chi connectivity index (χ0) is 33.0. The van der Waals surface area contributed by atoms with Crippen LogP contribution in [0.15, 0.2) is 176 Å². The van der Waals surface area contributed by atoms with Crippen LogP contribution in [-0.2, 0) is 6.42 Å². The molecule has 0 saturated heterocycles. The Bertz CT molecular complexity index is 2760. The van der Waals surface area contributed by atoms with Gasteiger partial charge in [-0.1, -0.05) is 121 Å². The second-order valence-electron chi connectivity index (χ2n) is 12.8. The van der Waals surface area contributed by atoms with Gasteiger partial charge < -0.3 is 4.90 Å². The highest BCUT2D eigenvalue weighted by molar-refractivity contribution is 6.22. The summed E-state index contributed by atoms with van der Waals surface area (Å²) < 4.78 is 7.10. The quantitative estimate of drug-likeness (QED) is 0.191. The highest BCUT2D eigenvalue weighted by Gasteiger charge is 2.26. The summed E-state index contributed by atoms with van der Waals surface area (Å²) >= 11 is 0. The highest BCUT2D eigenvalue weighted by atomic mass is 15.3. The number of pyridine rings is 1.